The summed E-state index contributed by atoms with van der Waals surface area (Å²) in [6.07, 6.45) is 0. The predicted molar refractivity (Wildman–Crippen MR) is 113 cm³/mol. The van der Waals surface area contributed by atoms with Crippen LogP contribution in [0.5, 0.6) is 5.75 Å². The molecule has 0 saturated heterocycles. The van der Waals surface area contributed by atoms with Gasteiger partial charge in [-0.15, -0.1) is 11.3 Å². The van der Waals surface area contributed by atoms with Crippen LogP contribution in [0, 0.1) is 13.8 Å². The molecule has 0 spiro atoms. The van der Waals surface area contributed by atoms with Crippen molar-refractivity contribution < 1.29 is 17.7 Å². The first kappa shape index (κ1) is 18.2. The molecule has 0 N–H and O–H groups in total. The van der Waals surface area contributed by atoms with Gasteiger partial charge in [0, 0.05) is 10.3 Å². The van der Waals surface area contributed by atoms with Crippen molar-refractivity contribution >= 4 is 37.1 Å². The van der Waals surface area contributed by atoms with Gasteiger partial charge in [-0.05, 0) is 49.1 Å². The van der Waals surface area contributed by atoms with Crippen molar-refractivity contribution in [1.29, 1.82) is 0 Å². The van der Waals surface area contributed by atoms with Crippen molar-refractivity contribution in [2.75, 3.05) is 17.5 Å². The van der Waals surface area contributed by atoms with Gasteiger partial charge < -0.3 is 9.26 Å². The first-order chi connectivity index (χ1) is 13.9. The standard InChI is InChI=1S/C21H18N2O4S2/c1-13-21(14(2)27-22-13)16-7-8-18-17(11-16)23(9-10-26-18)29(24,25)20-12-15-5-3-4-6-19(15)28-20/h3-8,11-12H,9-10H2,1-2H3. The molecule has 2 aromatic heterocycles. The lowest BCUT2D eigenvalue weighted by Gasteiger charge is -2.30. The maximum absolute atomic E-state index is 13.5. The molecule has 1 aliphatic rings. The van der Waals surface area contributed by atoms with E-state index in [2.05, 4.69) is 5.16 Å². The molecule has 6 nitrogen and oxygen atoms in total. The van der Waals surface area contributed by atoms with Gasteiger partial charge in [-0.1, -0.05) is 29.4 Å². The van der Waals surface area contributed by atoms with Gasteiger partial charge in [0.1, 0.15) is 22.3 Å². The van der Waals surface area contributed by atoms with Crippen molar-refractivity contribution in [3.8, 4) is 16.9 Å². The van der Waals surface area contributed by atoms with Crippen LogP contribution in [0.25, 0.3) is 21.2 Å². The van der Waals surface area contributed by atoms with Crippen molar-refractivity contribution in [2.24, 2.45) is 0 Å². The lowest BCUT2D eigenvalue weighted by atomic mass is 10.0. The van der Waals surface area contributed by atoms with Crippen molar-refractivity contribution in [2.45, 2.75) is 18.1 Å². The van der Waals surface area contributed by atoms with Gasteiger partial charge in [0.25, 0.3) is 10.0 Å². The van der Waals surface area contributed by atoms with E-state index in [1.54, 1.807) is 6.07 Å². The molecule has 5 rings (SSSR count). The van der Waals surface area contributed by atoms with Crippen molar-refractivity contribution in [3.05, 3.63) is 60.0 Å². The van der Waals surface area contributed by atoms with Crippen LogP contribution in [-0.2, 0) is 10.0 Å². The van der Waals surface area contributed by atoms with E-state index in [4.69, 9.17) is 9.26 Å². The van der Waals surface area contributed by atoms with Crippen LogP contribution in [0.2, 0.25) is 0 Å². The third-order valence-corrected chi connectivity index (χ3v) is 8.43. The molecular weight excluding hydrogens is 408 g/mol. The first-order valence-corrected chi connectivity index (χ1v) is 11.4. The van der Waals surface area contributed by atoms with Gasteiger partial charge in [-0.3, -0.25) is 4.31 Å². The number of fused-ring (bicyclic) bond motifs is 2. The van der Waals surface area contributed by atoms with Crippen LogP contribution in [0.4, 0.5) is 5.69 Å². The average molecular weight is 427 g/mol. The number of sulfonamides is 1. The van der Waals surface area contributed by atoms with Gasteiger partial charge in [0.15, 0.2) is 0 Å². The molecular formula is C21H18N2O4S2. The number of thiophene rings is 1. The minimum absolute atomic E-state index is 0.259. The van der Waals surface area contributed by atoms with E-state index in [9.17, 15) is 8.42 Å². The minimum Gasteiger partial charge on any atom is -0.489 e. The van der Waals surface area contributed by atoms with Crippen LogP contribution in [0.15, 0.2) is 57.3 Å². The summed E-state index contributed by atoms with van der Waals surface area (Å²) in [6, 6.07) is 15.0. The van der Waals surface area contributed by atoms with Crippen molar-refractivity contribution in [1.82, 2.24) is 5.16 Å². The lowest BCUT2D eigenvalue weighted by molar-refractivity contribution is 0.316. The molecule has 1 aliphatic heterocycles. The highest BCUT2D eigenvalue weighted by Crippen LogP contribution is 2.41. The fourth-order valence-corrected chi connectivity index (χ4v) is 6.65. The molecule has 0 aliphatic carbocycles. The molecule has 148 valence electrons. The maximum atomic E-state index is 13.5. The molecule has 0 atom stereocenters. The molecule has 0 amide bonds. The second-order valence-electron chi connectivity index (χ2n) is 6.91. The Labute approximate surface area is 172 Å². The SMILES string of the molecule is Cc1noc(C)c1-c1ccc2c(c1)N(S(=O)(=O)c1cc3ccccc3s1)CCO2. The Morgan fingerprint density at radius 1 is 1.10 bits per heavy atom. The topological polar surface area (TPSA) is 72.6 Å². The number of hydrogen-bond acceptors (Lipinski definition) is 6. The van der Waals surface area contributed by atoms with Crippen LogP contribution in [0.1, 0.15) is 11.5 Å². The molecule has 0 saturated carbocycles. The summed E-state index contributed by atoms with van der Waals surface area (Å²) in [6.45, 7) is 4.28. The molecule has 0 unspecified atom stereocenters. The Morgan fingerprint density at radius 2 is 1.93 bits per heavy atom. The number of aromatic nitrogens is 1. The molecule has 2 aromatic carbocycles. The summed E-state index contributed by atoms with van der Waals surface area (Å²) in [7, 11) is -3.71. The largest absolute Gasteiger partial charge is 0.489 e. The molecule has 0 radical (unpaired) electrons. The van der Waals surface area contributed by atoms with E-state index < -0.39 is 10.0 Å². The van der Waals surface area contributed by atoms with Gasteiger partial charge in [-0.25, -0.2) is 8.42 Å². The Morgan fingerprint density at radius 3 is 2.69 bits per heavy atom. The number of rotatable bonds is 3. The number of aryl methyl sites for hydroxylation is 2. The smallest absolute Gasteiger partial charge is 0.274 e. The zero-order valence-electron chi connectivity index (χ0n) is 15.9. The Kier molecular flexibility index (Phi) is 4.15. The van der Waals surface area contributed by atoms with Crippen LogP contribution in [0.3, 0.4) is 0 Å². The van der Waals surface area contributed by atoms with E-state index in [1.807, 2.05) is 56.3 Å². The maximum Gasteiger partial charge on any atom is 0.274 e. The second-order valence-corrected chi connectivity index (χ2v) is 10.1. The van der Waals surface area contributed by atoms with Crippen molar-refractivity contribution in [3.63, 3.8) is 0 Å². The van der Waals surface area contributed by atoms with Gasteiger partial charge in [0.2, 0.25) is 0 Å². The fourth-order valence-electron chi connectivity index (χ4n) is 3.69. The minimum atomic E-state index is -3.71. The number of ether oxygens (including phenoxy) is 1. The van der Waals surface area contributed by atoms with Gasteiger partial charge >= 0.3 is 0 Å². The van der Waals surface area contributed by atoms with Gasteiger partial charge in [-0.2, -0.15) is 0 Å². The first-order valence-electron chi connectivity index (χ1n) is 9.16. The molecule has 29 heavy (non-hydrogen) atoms. The second kappa shape index (κ2) is 6.60. The number of nitrogens with zero attached hydrogens (tertiary/aromatic N) is 2. The van der Waals surface area contributed by atoms with E-state index in [0.29, 0.717) is 28.0 Å². The Bertz CT molecular complexity index is 1290. The number of hydrogen-bond donors (Lipinski definition) is 0. The van der Waals surface area contributed by atoms with E-state index in [1.165, 1.54) is 15.6 Å². The van der Waals surface area contributed by atoms with Crippen LogP contribution < -0.4 is 9.04 Å². The highest BCUT2D eigenvalue weighted by molar-refractivity contribution is 7.95. The highest BCUT2D eigenvalue weighted by atomic mass is 32.2. The molecule has 8 heteroatoms. The predicted octanol–water partition coefficient (Wildman–Crippen LogP) is 4.76. The monoisotopic (exact) mass is 426 g/mol. The Hall–Kier alpha value is -2.84. The normalized spacial score (nSPS) is 14.1. The summed E-state index contributed by atoms with van der Waals surface area (Å²) in [5.41, 5.74) is 3.02. The fraction of sp³-hybridized carbons (Fsp3) is 0.190. The van der Waals surface area contributed by atoms with E-state index in [-0.39, 0.29) is 6.54 Å². The lowest BCUT2D eigenvalue weighted by Crippen LogP contribution is -2.37. The summed E-state index contributed by atoms with van der Waals surface area (Å²) in [4.78, 5) is 0. The summed E-state index contributed by atoms with van der Waals surface area (Å²) in [5, 5.41) is 4.93. The van der Waals surface area contributed by atoms with Crippen LogP contribution in [-0.4, -0.2) is 26.7 Å². The highest BCUT2D eigenvalue weighted by Gasteiger charge is 2.32. The third-order valence-electron chi connectivity index (χ3n) is 5.05. The third kappa shape index (κ3) is 2.90. The van der Waals surface area contributed by atoms with E-state index >= 15 is 0 Å². The molecule has 4 aromatic rings. The molecule has 3 heterocycles. The quantitative estimate of drug-likeness (QED) is 0.472. The summed E-state index contributed by atoms with van der Waals surface area (Å²) < 4.78 is 40.7. The summed E-state index contributed by atoms with van der Waals surface area (Å²) in [5.74, 6) is 1.24. The Balaban J connectivity index is 1.64. The molecule has 0 fully saturated rings. The number of anilines is 1. The van der Waals surface area contributed by atoms with Crippen LogP contribution >= 0.6 is 11.3 Å². The summed E-state index contributed by atoms with van der Waals surface area (Å²) >= 11 is 1.28. The van der Waals surface area contributed by atoms with E-state index in [0.717, 1.165) is 26.9 Å². The zero-order valence-corrected chi connectivity index (χ0v) is 17.5. The number of benzene rings is 2. The average Bonchev–Trinajstić information content (AvgIpc) is 3.30. The molecule has 0 bridgehead atoms. The van der Waals surface area contributed by atoms with Gasteiger partial charge in [0.05, 0.1) is 17.9 Å². The zero-order chi connectivity index (χ0) is 20.2.